The predicted molar refractivity (Wildman–Crippen MR) is 143 cm³/mol. The number of rotatable bonds is 9. The number of anilines is 1. The Morgan fingerprint density at radius 3 is 2.35 bits per heavy atom. The topological polar surface area (TPSA) is 91.1 Å². The number of nitrogens with zero attached hydrogens (tertiary/aromatic N) is 1. The minimum absolute atomic E-state index is 0.109. The molecule has 194 valence electrons. The molecule has 7 heteroatoms. The summed E-state index contributed by atoms with van der Waals surface area (Å²) in [6.45, 7) is 6.17. The number of hydrogen-bond acceptors (Lipinski definition) is 6. The van der Waals surface area contributed by atoms with Gasteiger partial charge in [0.15, 0.2) is 5.75 Å². The molecule has 37 heavy (non-hydrogen) atoms. The summed E-state index contributed by atoms with van der Waals surface area (Å²) in [7, 11) is 1.66. The molecule has 4 rings (SSSR count). The Morgan fingerprint density at radius 1 is 0.946 bits per heavy atom. The Bertz CT molecular complexity index is 1250. The van der Waals surface area contributed by atoms with Gasteiger partial charge in [0.2, 0.25) is 0 Å². The number of carbonyl (C=O) groups is 2. The Morgan fingerprint density at radius 2 is 1.68 bits per heavy atom. The SMILES string of the molecule is COc1cccc(CC(C)(C)c2ccc(C(=O)OOc3ccc(N4CCCCC4)cc3C(N)=O)cc2)c1. The lowest BCUT2D eigenvalue weighted by molar-refractivity contribution is -0.149. The predicted octanol–water partition coefficient (Wildman–Crippen LogP) is 5.46. The van der Waals surface area contributed by atoms with Crippen molar-refractivity contribution in [2.75, 3.05) is 25.1 Å². The average Bonchev–Trinajstić information content (AvgIpc) is 2.92. The van der Waals surface area contributed by atoms with Crippen molar-refractivity contribution < 1.29 is 24.1 Å². The van der Waals surface area contributed by atoms with Crippen LogP contribution in [0.5, 0.6) is 11.5 Å². The van der Waals surface area contributed by atoms with Gasteiger partial charge >= 0.3 is 5.97 Å². The van der Waals surface area contributed by atoms with Gasteiger partial charge in [0.25, 0.3) is 5.91 Å². The van der Waals surface area contributed by atoms with E-state index in [0.717, 1.165) is 54.9 Å². The second-order valence-corrected chi connectivity index (χ2v) is 10.0. The third-order valence-electron chi connectivity index (χ3n) is 6.84. The number of piperidine rings is 1. The minimum Gasteiger partial charge on any atom is -0.497 e. The van der Waals surface area contributed by atoms with Gasteiger partial charge in [0, 0.05) is 18.8 Å². The van der Waals surface area contributed by atoms with Crippen molar-refractivity contribution in [2.24, 2.45) is 5.73 Å². The zero-order valence-corrected chi connectivity index (χ0v) is 21.7. The first-order chi connectivity index (χ1) is 17.8. The normalized spacial score (nSPS) is 13.6. The summed E-state index contributed by atoms with van der Waals surface area (Å²) in [5.41, 5.74) is 9.06. The Hall–Kier alpha value is -4.00. The van der Waals surface area contributed by atoms with E-state index in [1.54, 1.807) is 31.4 Å². The minimum atomic E-state index is -0.660. The summed E-state index contributed by atoms with van der Waals surface area (Å²) in [5, 5.41) is 0. The van der Waals surface area contributed by atoms with Crippen LogP contribution in [0.25, 0.3) is 0 Å². The molecule has 1 aliphatic heterocycles. The van der Waals surface area contributed by atoms with Crippen molar-refractivity contribution >= 4 is 17.6 Å². The van der Waals surface area contributed by atoms with Crippen LogP contribution in [0.1, 0.15) is 65.0 Å². The summed E-state index contributed by atoms with van der Waals surface area (Å²) in [5.74, 6) is -0.370. The quantitative estimate of drug-likeness (QED) is 0.309. The summed E-state index contributed by atoms with van der Waals surface area (Å²) < 4.78 is 5.34. The first-order valence-corrected chi connectivity index (χ1v) is 12.6. The average molecular weight is 503 g/mol. The number of benzene rings is 3. The molecule has 0 aliphatic carbocycles. The summed E-state index contributed by atoms with van der Waals surface area (Å²) in [6.07, 6.45) is 4.23. The molecule has 1 heterocycles. The highest BCUT2D eigenvalue weighted by Gasteiger charge is 2.23. The molecule has 0 aromatic heterocycles. The van der Waals surface area contributed by atoms with Crippen LogP contribution in [-0.2, 0) is 16.7 Å². The van der Waals surface area contributed by atoms with Crippen LogP contribution in [0.2, 0.25) is 0 Å². The summed E-state index contributed by atoms with van der Waals surface area (Å²) in [4.78, 5) is 37.2. The van der Waals surface area contributed by atoms with E-state index in [4.69, 9.17) is 20.2 Å². The highest BCUT2D eigenvalue weighted by atomic mass is 17.2. The Labute approximate surface area is 218 Å². The highest BCUT2D eigenvalue weighted by molar-refractivity contribution is 5.97. The van der Waals surface area contributed by atoms with Crippen molar-refractivity contribution in [1.29, 1.82) is 0 Å². The molecule has 0 unspecified atom stereocenters. The molecular formula is C30H34N2O5. The molecule has 7 nitrogen and oxygen atoms in total. The van der Waals surface area contributed by atoms with E-state index in [9.17, 15) is 9.59 Å². The monoisotopic (exact) mass is 502 g/mol. The fraction of sp³-hybridized carbons (Fsp3) is 0.333. The van der Waals surface area contributed by atoms with Gasteiger partial charge in [0.1, 0.15) is 5.75 Å². The van der Waals surface area contributed by atoms with Gasteiger partial charge < -0.3 is 15.4 Å². The lowest BCUT2D eigenvalue weighted by Gasteiger charge is -2.29. The van der Waals surface area contributed by atoms with Gasteiger partial charge in [0.05, 0.1) is 18.2 Å². The van der Waals surface area contributed by atoms with Gasteiger partial charge in [-0.15, -0.1) is 0 Å². The third kappa shape index (κ3) is 6.42. The smallest absolute Gasteiger partial charge is 0.386 e. The maximum Gasteiger partial charge on any atom is 0.386 e. The largest absolute Gasteiger partial charge is 0.497 e. The molecule has 0 spiro atoms. The zero-order valence-electron chi connectivity index (χ0n) is 21.7. The van der Waals surface area contributed by atoms with Gasteiger partial charge in [-0.05, 0) is 84.7 Å². The molecule has 2 N–H and O–H groups in total. The molecular weight excluding hydrogens is 468 g/mol. The van der Waals surface area contributed by atoms with E-state index in [1.807, 2.05) is 36.4 Å². The number of carbonyl (C=O) groups excluding carboxylic acids is 2. The van der Waals surface area contributed by atoms with Gasteiger partial charge in [-0.3, -0.25) is 9.68 Å². The fourth-order valence-corrected chi connectivity index (χ4v) is 4.72. The number of nitrogens with two attached hydrogens (primary N) is 1. The Kier molecular flexibility index (Phi) is 8.01. The molecule has 1 aliphatic rings. The third-order valence-corrected chi connectivity index (χ3v) is 6.84. The van der Waals surface area contributed by atoms with E-state index in [1.165, 1.54) is 6.42 Å². The molecule has 1 fully saturated rings. The number of ether oxygens (including phenoxy) is 1. The number of primary amides is 1. The van der Waals surface area contributed by atoms with Crippen LogP contribution in [0, 0.1) is 0 Å². The molecule has 3 aromatic carbocycles. The van der Waals surface area contributed by atoms with Crippen LogP contribution >= 0.6 is 0 Å². The van der Waals surface area contributed by atoms with Crippen LogP contribution in [0.4, 0.5) is 5.69 Å². The molecule has 1 amide bonds. The Balaban J connectivity index is 1.41. The molecule has 0 saturated carbocycles. The second-order valence-electron chi connectivity index (χ2n) is 10.0. The van der Waals surface area contributed by atoms with Crippen LogP contribution < -0.4 is 20.3 Å². The molecule has 1 saturated heterocycles. The van der Waals surface area contributed by atoms with Crippen molar-refractivity contribution in [2.45, 2.75) is 44.9 Å². The number of methoxy groups -OCH3 is 1. The van der Waals surface area contributed by atoms with Gasteiger partial charge in [-0.2, -0.15) is 0 Å². The molecule has 0 atom stereocenters. The van der Waals surface area contributed by atoms with Crippen molar-refractivity contribution in [3.8, 4) is 11.5 Å². The fourth-order valence-electron chi connectivity index (χ4n) is 4.72. The van der Waals surface area contributed by atoms with Gasteiger partial charge in [-0.25, -0.2) is 9.68 Å². The van der Waals surface area contributed by atoms with E-state index in [-0.39, 0.29) is 16.7 Å². The molecule has 0 radical (unpaired) electrons. The lowest BCUT2D eigenvalue weighted by Crippen LogP contribution is -2.29. The van der Waals surface area contributed by atoms with Crippen molar-refractivity contribution in [3.05, 3.63) is 89.0 Å². The lowest BCUT2D eigenvalue weighted by atomic mass is 9.79. The standard InChI is InChI=1S/C30H34N2O5/c1-30(2,20-21-8-7-9-25(18-21)35-3)23-12-10-22(11-13-23)29(34)37-36-27-15-14-24(19-26(27)28(31)33)32-16-5-4-6-17-32/h7-15,18-19H,4-6,16-17,20H2,1-3H3,(H2,31,33). The first-order valence-electron chi connectivity index (χ1n) is 12.6. The number of hydrogen-bond donors (Lipinski definition) is 1. The van der Waals surface area contributed by atoms with Crippen LogP contribution in [-0.4, -0.2) is 32.1 Å². The maximum atomic E-state index is 12.7. The zero-order chi connectivity index (χ0) is 26.4. The number of amides is 1. The summed E-state index contributed by atoms with van der Waals surface area (Å²) in [6, 6.07) is 20.4. The van der Waals surface area contributed by atoms with Crippen molar-refractivity contribution in [1.82, 2.24) is 0 Å². The van der Waals surface area contributed by atoms with Crippen LogP contribution in [0.15, 0.2) is 66.7 Å². The van der Waals surface area contributed by atoms with E-state index in [2.05, 4.69) is 24.8 Å². The first kappa shape index (κ1) is 26.1. The maximum absolute atomic E-state index is 12.7. The highest BCUT2D eigenvalue weighted by Crippen LogP contribution is 2.30. The second kappa shape index (κ2) is 11.4. The van der Waals surface area contributed by atoms with Gasteiger partial charge in [-0.1, -0.05) is 38.1 Å². The molecule has 0 bridgehead atoms. The molecule has 3 aromatic rings. The van der Waals surface area contributed by atoms with Crippen LogP contribution in [0.3, 0.4) is 0 Å². The van der Waals surface area contributed by atoms with E-state index < -0.39 is 11.9 Å². The van der Waals surface area contributed by atoms with E-state index in [0.29, 0.717) is 5.56 Å². The summed E-state index contributed by atoms with van der Waals surface area (Å²) >= 11 is 0. The van der Waals surface area contributed by atoms with Crippen molar-refractivity contribution in [3.63, 3.8) is 0 Å². The van der Waals surface area contributed by atoms with E-state index >= 15 is 0 Å².